The normalized spacial score (nSPS) is 11.8. The highest BCUT2D eigenvalue weighted by Crippen LogP contribution is 2.18. The minimum absolute atomic E-state index is 0.297. The van der Waals surface area contributed by atoms with Gasteiger partial charge >= 0.3 is 8.03 Å². The molecule has 1 atom stereocenters. The monoisotopic (exact) mass is 377 g/mol. The van der Waals surface area contributed by atoms with Gasteiger partial charge in [0.1, 0.15) is 6.79 Å². The molecule has 4 nitrogen and oxygen atoms in total. The third kappa shape index (κ3) is 21.9. The zero-order valence-corrected chi connectivity index (χ0v) is 17.7. The molecule has 0 heterocycles. The number of hydrogen-bond acceptors (Lipinski definition) is 4. The summed E-state index contributed by atoms with van der Waals surface area (Å²) in [6.45, 7) is 3.76. The van der Waals surface area contributed by atoms with Crippen LogP contribution in [0.1, 0.15) is 96.8 Å². The zero-order valence-electron chi connectivity index (χ0n) is 16.8. The molecule has 1 unspecified atom stereocenters. The van der Waals surface area contributed by atoms with Gasteiger partial charge in [-0.1, -0.05) is 90.4 Å². The van der Waals surface area contributed by atoms with E-state index in [-0.39, 0.29) is 0 Å². The summed E-state index contributed by atoms with van der Waals surface area (Å²) in [5.41, 5.74) is 0. The fraction of sp³-hybridized carbons (Fsp3) is 1.00. The summed E-state index contributed by atoms with van der Waals surface area (Å²) < 4.78 is 26.3. The highest BCUT2D eigenvalue weighted by Gasteiger charge is 2.12. The highest BCUT2D eigenvalue weighted by molar-refractivity contribution is 7.39. The standard InChI is InChI=1S/C20H42O4P/c1-3-4-5-6-7-8-9-10-11-12-13-14-15-16-17-23-20-24-18-19-25(21)22-2/h3-20H2,1-2H3/q+1. The van der Waals surface area contributed by atoms with Gasteiger partial charge in [0.05, 0.1) is 13.7 Å². The second-order valence-electron chi connectivity index (χ2n) is 6.77. The molecule has 0 bridgehead atoms. The molecule has 0 N–H and O–H groups in total. The van der Waals surface area contributed by atoms with Crippen molar-refractivity contribution in [2.75, 3.05) is 33.3 Å². The molecule has 0 fully saturated rings. The lowest BCUT2D eigenvalue weighted by atomic mass is 10.0. The predicted molar refractivity (Wildman–Crippen MR) is 107 cm³/mol. The summed E-state index contributed by atoms with van der Waals surface area (Å²) in [5, 5.41) is 0. The average molecular weight is 378 g/mol. The van der Waals surface area contributed by atoms with E-state index in [9.17, 15) is 4.57 Å². The fourth-order valence-corrected chi connectivity index (χ4v) is 3.27. The van der Waals surface area contributed by atoms with Crippen LogP contribution in [0.5, 0.6) is 0 Å². The van der Waals surface area contributed by atoms with Crippen molar-refractivity contribution in [1.82, 2.24) is 0 Å². The average Bonchev–Trinajstić information content (AvgIpc) is 2.63. The van der Waals surface area contributed by atoms with Gasteiger partial charge in [0.2, 0.25) is 6.16 Å². The first-order valence-corrected chi connectivity index (χ1v) is 11.8. The summed E-state index contributed by atoms with van der Waals surface area (Å²) >= 11 is 0. The topological polar surface area (TPSA) is 44.8 Å². The quantitative estimate of drug-likeness (QED) is 0.125. The van der Waals surface area contributed by atoms with Crippen LogP contribution in [0.2, 0.25) is 0 Å². The molecule has 0 radical (unpaired) electrons. The summed E-state index contributed by atoms with van der Waals surface area (Å²) in [7, 11) is -0.105. The molecule has 5 heteroatoms. The highest BCUT2D eigenvalue weighted by atomic mass is 31.1. The fourth-order valence-electron chi connectivity index (χ4n) is 2.81. The first-order valence-electron chi connectivity index (χ1n) is 10.5. The van der Waals surface area contributed by atoms with E-state index >= 15 is 0 Å². The van der Waals surface area contributed by atoms with Gasteiger partial charge in [-0.3, -0.25) is 0 Å². The molecular formula is C20H42O4P+. The van der Waals surface area contributed by atoms with Crippen LogP contribution < -0.4 is 0 Å². The van der Waals surface area contributed by atoms with Crippen molar-refractivity contribution in [2.24, 2.45) is 0 Å². The van der Waals surface area contributed by atoms with Gasteiger partial charge in [0.15, 0.2) is 0 Å². The first-order chi connectivity index (χ1) is 12.3. The summed E-state index contributed by atoms with van der Waals surface area (Å²) in [6, 6.07) is 0. The van der Waals surface area contributed by atoms with Crippen molar-refractivity contribution in [3.8, 4) is 0 Å². The van der Waals surface area contributed by atoms with Gasteiger partial charge in [-0.2, -0.15) is 0 Å². The van der Waals surface area contributed by atoms with Crippen LogP contribution in [0.4, 0.5) is 0 Å². The molecule has 150 valence electrons. The summed E-state index contributed by atoms with van der Waals surface area (Å²) in [4.78, 5) is 0. The van der Waals surface area contributed by atoms with Crippen LogP contribution >= 0.6 is 8.03 Å². The smallest absolute Gasteiger partial charge is 0.355 e. The van der Waals surface area contributed by atoms with Crippen molar-refractivity contribution < 1.29 is 18.6 Å². The maximum atomic E-state index is 11.0. The van der Waals surface area contributed by atoms with E-state index in [0.29, 0.717) is 19.6 Å². The zero-order chi connectivity index (χ0) is 18.4. The van der Waals surface area contributed by atoms with E-state index < -0.39 is 8.03 Å². The third-order valence-electron chi connectivity index (χ3n) is 4.43. The Kier molecular flexibility index (Phi) is 22.0. The summed E-state index contributed by atoms with van der Waals surface area (Å²) in [6.07, 6.45) is 19.6. The Morgan fingerprint density at radius 3 is 1.56 bits per heavy atom. The SMILES string of the molecule is CCCCCCCCCCCCCCCCOCOCC[P+](=O)OC. The van der Waals surface area contributed by atoms with E-state index in [1.165, 1.54) is 90.6 Å². The van der Waals surface area contributed by atoms with Gasteiger partial charge < -0.3 is 9.47 Å². The molecule has 0 aromatic heterocycles. The molecule has 0 aliphatic rings. The van der Waals surface area contributed by atoms with Crippen LogP contribution in [0.15, 0.2) is 0 Å². The largest absolute Gasteiger partial charge is 0.510 e. The number of rotatable bonds is 21. The molecular weight excluding hydrogens is 335 g/mol. The maximum Gasteiger partial charge on any atom is 0.510 e. The van der Waals surface area contributed by atoms with Crippen LogP contribution in [-0.4, -0.2) is 33.3 Å². The molecule has 25 heavy (non-hydrogen) atoms. The molecule has 0 rings (SSSR count). The van der Waals surface area contributed by atoms with Crippen LogP contribution in [0.3, 0.4) is 0 Å². The van der Waals surface area contributed by atoms with Crippen molar-refractivity contribution >= 4 is 8.03 Å². The minimum Gasteiger partial charge on any atom is -0.355 e. The molecule has 0 spiro atoms. The lowest BCUT2D eigenvalue weighted by Crippen LogP contribution is -2.04. The van der Waals surface area contributed by atoms with Gasteiger partial charge in [0, 0.05) is 6.61 Å². The van der Waals surface area contributed by atoms with Crippen LogP contribution in [0, 0.1) is 0 Å². The second-order valence-corrected chi connectivity index (χ2v) is 8.25. The lowest BCUT2D eigenvalue weighted by Gasteiger charge is -2.04. The second kappa shape index (κ2) is 22.0. The Hall–Kier alpha value is -0.0200. The predicted octanol–water partition coefficient (Wildman–Crippen LogP) is 6.85. The maximum absolute atomic E-state index is 11.0. The summed E-state index contributed by atoms with van der Waals surface area (Å²) in [5.74, 6) is 0. The van der Waals surface area contributed by atoms with E-state index in [0.717, 1.165) is 13.0 Å². The van der Waals surface area contributed by atoms with Crippen LogP contribution in [0.25, 0.3) is 0 Å². The van der Waals surface area contributed by atoms with Crippen molar-refractivity contribution in [3.63, 3.8) is 0 Å². The van der Waals surface area contributed by atoms with Crippen molar-refractivity contribution in [3.05, 3.63) is 0 Å². The molecule has 0 saturated carbocycles. The van der Waals surface area contributed by atoms with Crippen LogP contribution in [-0.2, 0) is 18.6 Å². The van der Waals surface area contributed by atoms with Gasteiger partial charge in [-0.25, -0.2) is 0 Å². The van der Waals surface area contributed by atoms with E-state index in [1.807, 2.05) is 0 Å². The number of unbranched alkanes of at least 4 members (excludes halogenated alkanes) is 13. The van der Waals surface area contributed by atoms with Crippen molar-refractivity contribution in [2.45, 2.75) is 96.8 Å². The van der Waals surface area contributed by atoms with Crippen molar-refractivity contribution in [1.29, 1.82) is 0 Å². The van der Waals surface area contributed by atoms with Gasteiger partial charge in [-0.15, -0.1) is 4.52 Å². The Labute approximate surface area is 157 Å². The Balaban J connectivity index is 2.99. The lowest BCUT2D eigenvalue weighted by molar-refractivity contribution is -0.0497. The molecule has 0 aliphatic carbocycles. The molecule has 0 aliphatic heterocycles. The Morgan fingerprint density at radius 2 is 1.08 bits per heavy atom. The Morgan fingerprint density at radius 1 is 0.640 bits per heavy atom. The first kappa shape index (κ1) is 25.0. The molecule has 0 aromatic carbocycles. The van der Waals surface area contributed by atoms with E-state index in [1.54, 1.807) is 0 Å². The minimum atomic E-state index is -1.55. The number of ether oxygens (including phenoxy) is 2. The number of hydrogen-bond donors (Lipinski definition) is 0. The molecule has 0 amide bonds. The van der Waals surface area contributed by atoms with Gasteiger partial charge in [0.25, 0.3) is 0 Å². The molecule has 0 aromatic rings. The van der Waals surface area contributed by atoms with E-state index in [2.05, 4.69) is 11.4 Å². The Bertz CT molecular complexity index is 274. The van der Waals surface area contributed by atoms with E-state index in [4.69, 9.17) is 9.47 Å². The third-order valence-corrected chi connectivity index (χ3v) is 5.39. The van der Waals surface area contributed by atoms with Gasteiger partial charge in [-0.05, 0) is 11.0 Å². The molecule has 0 saturated heterocycles.